The number of imide groups is 1. The van der Waals surface area contributed by atoms with E-state index in [-0.39, 0.29) is 17.9 Å². The van der Waals surface area contributed by atoms with E-state index in [1.165, 1.54) is 17.7 Å². The molecule has 23 heavy (non-hydrogen) atoms. The van der Waals surface area contributed by atoms with E-state index in [0.29, 0.717) is 13.0 Å². The lowest BCUT2D eigenvalue weighted by Gasteiger charge is -2.23. The number of nitrogens with zero attached hydrogens (tertiary/aromatic N) is 1. The molecule has 0 aliphatic carbocycles. The van der Waals surface area contributed by atoms with Crippen molar-refractivity contribution in [3.05, 3.63) is 35.9 Å². The van der Waals surface area contributed by atoms with Crippen molar-refractivity contribution in [2.45, 2.75) is 58.4 Å². The van der Waals surface area contributed by atoms with Crippen LogP contribution in [0.1, 0.15) is 51.5 Å². The molecule has 0 spiro atoms. The Bertz CT molecular complexity index is 515. The number of benzene rings is 1. The summed E-state index contributed by atoms with van der Waals surface area (Å²) in [6.07, 6.45) is 5.56. The van der Waals surface area contributed by atoms with Gasteiger partial charge in [-0.05, 0) is 18.4 Å². The lowest BCUT2D eigenvalue weighted by Crippen LogP contribution is -2.43. The maximum absolute atomic E-state index is 12.6. The van der Waals surface area contributed by atoms with Gasteiger partial charge in [-0.3, -0.25) is 4.79 Å². The average Bonchev–Trinajstić information content (AvgIpc) is 2.92. The molecule has 0 aromatic heterocycles. The Balaban J connectivity index is 1.94. The second-order valence-electron chi connectivity index (χ2n) is 6.38. The molecule has 0 N–H and O–H groups in total. The summed E-state index contributed by atoms with van der Waals surface area (Å²) in [5, 5.41) is 0. The molecule has 2 rings (SSSR count). The summed E-state index contributed by atoms with van der Waals surface area (Å²) < 4.78 is 5.13. The summed E-state index contributed by atoms with van der Waals surface area (Å²) in [5.41, 5.74) is 1.11. The predicted molar refractivity (Wildman–Crippen MR) is 90.1 cm³/mol. The number of hydrogen-bond acceptors (Lipinski definition) is 3. The maximum atomic E-state index is 12.6. The van der Waals surface area contributed by atoms with Crippen molar-refractivity contribution < 1.29 is 14.3 Å². The SMILES string of the molecule is CCCCCCC(C)C(=O)N1C(=O)OC[C@@H]1Cc1ccccc1. The van der Waals surface area contributed by atoms with Crippen LogP contribution < -0.4 is 0 Å². The van der Waals surface area contributed by atoms with E-state index >= 15 is 0 Å². The highest BCUT2D eigenvalue weighted by Gasteiger charge is 2.39. The largest absolute Gasteiger partial charge is 0.447 e. The number of rotatable bonds is 8. The van der Waals surface area contributed by atoms with Gasteiger partial charge >= 0.3 is 6.09 Å². The van der Waals surface area contributed by atoms with Gasteiger partial charge in [0.05, 0.1) is 6.04 Å². The number of hydrogen-bond donors (Lipinski definition) is 0. The predicted octanol–water partition coefficient (Wildman–Crippen LogP) is 4.18. The normalized spacial score (nSPS) is 18.8. The zero-order valence-electron chi connectivity index (χ0n) is 14.2. The standard InChI is InChI=1S/C19H27NO3/c1-3-4-5-7-10-15(2)18(21)20-17(14-23-19(20)22)13-16-11-8-6-9-12-16/h6,8-9,11-12,15,17H,3-5,7,10,13-14H2,1-2H3/t15?,17-/m0/s1. The third-order valence-electron chi connectivity index (χ3n) is 4.42. The van der Waals surface area contributed by atoms with Gasteiger partial charge in [0.2, 0.25) is 5.91 Å². The Morgan fingerprint density at radius 1 is 1.26 bits per heavy atom. The first-order chi connectivity index (χ1) is 11.1. The number of amides is 2. The number of carbonyl (C=O) groups excluding carboxylic acids is 2. The van der Waals surface area contributed by atoms with Crippen LogP contribution in [0.5, 0.6) is 0 Å². The van der Waals surface area contributed by atoms with Crippen LogP contribution in [-0.4, -0.2) is 29.5 Å². The topological polar surface area (TPSA) is 46.6 Å². The van der Waals surface area contributed by atoms with Crippen LogP contribution >= 0.6 is 0 Å². The molecule has 0 radical (unpaired) electrons. The Hall–Kier alpha value is -1.84. The van der Waals surface area contributed by atoms with E-state index in [1.54, 1.807) is 0 Å². The zero-order valence-corrected chi connectivity index (χ0v) is 14.2. The summed E-state index contributed by atoms with van der Waals surface area (Å²) in [7, 11) is 0. The second kappa shape index (κ2) is 8.70. The van der Waals surface area contributed by atoms with E-state index in [1.807, 2.05) is 37.3 Å². The number of unbranched alkanes of at least 4 members (excludes halogenated alkanes) is 3. The van der Waals surface area contributed by atoms with Crippen molar-refractivity contribution in [1.82, 2.24) is 4.90 Å². The fourth-order valence-electron chi connectivity index (χ4n) is 3.01. The van der Waals surface area contributed by atoms with Gasteiger partial charge in [-0.25, -0.2) is 9.69 Å². The molecule has 1 aliphatic rings. The maximum Gasteiger partial charge on any atom is 0.416 e. The van der Waals surface area contributed by atoms with Crippen LogP contribution in [0.2, 0.25) is 0 Å². The molecule has 2 amide bonds. The Morgan fingerprint density at radius 2 is 2.00 bits per heavy atom. The zero-order chi connectivity index (χ0) is 16.7. The van der Waals surface area contributed by atoms with Crippen molar-refractivity contribution in [3.63, 3.8) is 0 Å². The number of cyclic esters (lactones) is 1. The van der Waals surface area contributed by atoms with Gasteiger partial charge in [-0.1, -0.05) is 69.9 Å². The minimum Gasteiger partial charge on any atom is -0.447 e. The third kappa shape index (κ3) is 4.81. The van der Waals surface area contributed by atoms with Gasteiger partial charge in [0.15, 0.2) is 0 Å². The van der Waals surface area contributed by atoms with E-state index < -0.39 is 6.09 Å². The van der Waals surface area contributed by atoms with Gasteiger partial charge in [-0.2, -0.15) is 0 Å². The molecule has 1 aromatic rings. The number of carbonyl (C=O) groups is 2. The first-order valence-corrected chi connectivity index (χ1v) is 8.67. The Labute approximate surface area is 138 Å². The highest BCUT2D eigenvalue weighted by Crippen LogP contribution is 2.22. The first-order valence-electron chi connectivity index (χ1n) is 8.67. The second-order valence-corrected chi connectivity index (χ2v) is 6.38. The molecule has 0 bridgehead atoms. The van der Waals surface area contributed by atoms with Crippen LogP contribution in [0, 0.1) is 5.92 Å². The van der Waals surface area contributed by atoms with Crippen LogP contribution in [0.4, 0.5) is 4.79 Å². The van der Waals surface area contributed by atoms with Crippen LogP contribution in [0.25, 0.3) is 0 Å². The molecule has 4 nitrogen and oxygen atoms in total. The monoisotopic (exact) mass is 317 g/mol. The molecule has 4 heteroatoms. The van der Waals surface area contributed by atoms with Gasteiger partial charge < -0.3 is 4.74 Å². The minimum absolute atomic E-state index is 0.0927. The molecule has 126 valence electrons. The molecule has 2 atom stereocenters. The van der Waals surface area contributed by atoms with E-state index in [2.05, 4.69) is 6.92 Å². The smallest absolute Gasteiger partial charge is 0.416 e. The van der Waals surface area contributed by atoms with Crippen molar-refractivity contribution >= 4 is 12.0 Å². The van der Waals surface area contributed by atoms with Crippen molar-refractivity contribution in [1.29, 1.82) is 0 Å². The Kier molecular flexibility index (Phi) is 6.63. The summed E-state index contributed by atoms with van der Waals surface area (Å²) in [4.78, 5) is 26.0. The van der Waals surface area contributed by atoms with Crippen LogP contribution in [0.15, 0.2) is 30.3 Å². The lowest BCUT2D eigenvalue weighted by atomic mass is 9.99. The van der Waals surface area contributed by atoms with Crippen molar-refractivity contribution in [2.75, 3.05) is 6.61 Å². The summed E-state index contributed by atoms with van der Waals surface area (Å²) in [5.74, 6) is -0.222. The highest BCUT2D eigenvalue weighted by atomic mass is 16.6. The molecular weight excluding hydrogens is 290 g/mol. The van der Waals surface area contributed by atoms with Gasteiger partial charge in [0, 0.05) is 5.92 Å². The molecule has 1 aliphatic heterocycles. The molecule has 0 saturated carbocycles. The quantitative estimate of drug-likeness (QED) is 0.676. The van der Waals surface area contributed by atoms with Crippen molar-refractivity contribution in [3.8, 4) is 0 Å². The molecule has 1 unspecified atom stereocenters. The Morgan fingerprint density at radius 3 is 2.70 bits per heavy atom. The van der Waals surface area contributed by atoms with E-state index in [0.717, 1.165) is 24.8 Å². The molecule has 1 aromatic carbocycles. The molecule has 1 fully saturated rings. The van der Waals surface area contributed by atoms with Crippen LogP contribution in [0.3, 0.4) is 0 Å². The lowest BCUT2D eigenvalue weighted by molar-refractivity contribution is -0.133. The first kappa shape index (κ1) is 17.5. The molecule has 1 heterocycles. The fourth-order valence-corrected chi connectivity index (χ4v) is 3.01. The van der Waals surface area contributed by atoms with Gasteiger partial charge in [-0.15, -0.1) is 0 Å². The van der Waals surface area contributed by atoms with Crippen LogP contribution in [-0.2, 0) is 16.0 Å². The highest BCUT2D eigenvalue weighted by molar-refractivity contribution is 5.94. The van der Waals surface area contributed by atoms with E-state index in [9.17, 15) is 9.59 Å². The number of ether oxygens (including phenoxy) is 1. The minimum atomic E-state index is -0.490. The van der Waals surface area contributed by atoms with E-state index in [4.69, 9.17) is 4.74 Å². The summed E-state index contributed by atoms with van der Waals surface area (Å²) in [6, 6.07) is 9.74. The summed E-state index contributed by atoms with van der Waals surface area (Å²) in [6.45, 7) is 4.38. The average molecular weight is 317 g/mol. The summed E-state index contributed by atoms with van der Waals surface area (Å²) >= 11 is 0. The third-order valence-corrected chi connectivity index (χ3v) is 4.42. The molecular formula is C19H27NO3. The van der Waals surface area contributed by atoms with Gasteiger partial charge in [0.1, 0.15) is 6.61 Å². The molecule has 1 saturated heterocycles. The van der Waals surface area contributed by atoms with Crippen molar-refractivity contribution in [2.24, 2.45) is 5.92 Å². The fraction of sp³-hybridized carbons (Fsp3) is 0.579. The van der Waals surface area contributed by atoms with Gasteiger partial charge in [0.25, 0.3) is 0 Å².